The topological polar surface area (TPSA) is 52.6 Å². The van der Waals surface area contributed by atoms with Gasteiger partial charge in [-0.15, -0.1) is 0 Å². The van der Waals surface area contributed by atoms with Crippen LogP contribution in [0.25, 0.3) is 0 Å². The second-order valence-electron chi connectivity index (χ2n) is 5.00. The van der Waals surface area contributed by atoms with E-state index in [1.165, 1.54) is 19.3 Å². The van der Waals surface area contributed by atoms with Gasteiger partial charge in [0.05, 0.1) is 19.1 Å². The molecule has 0 aromatic heterocycles. The average Bonchev–Trinajstić information content (AvgIpc) is 2.42. The molecule has 20 heavy (non-hydrogen) atoms. The molecule has 0 saturated heterocycles. The highest BCUT2D eigenvalue weighted by molar-refractivity contribution is 5.74. The normalized spacial score (nSPS) is 11.9. The molecule has 1 unspecified atom stereocenters. The molecule has 0 N–H and O–H groups in total. The van der Waals surface area contributed by atoms with E-state index in [2.05, 4.69) is 6.92 Å². The molecule has 0 bridgehead atoms. The van der Waals surface area contributed by atoms with E-state index in [0.29, 0.717) is 26.1 Å². The average molecular weight is 286 g/mol. The minimum atomic E-state index is -0.229. The molecular weight excluding hydrogens is 256 g/mol. The van der Waals surface area contributed by atoms with Crippen molar-refractivity contribution in [2.24, 2.45) is 5.92 Å². The zero-order valence-electron chi connectivity index (χ0n) is 13.3. The van der Waals surface area contributed by atoms with Crippen molar-refractivity contribution in [3.63, 3.8) is 0 Å². The summed E-state index contributed by atoms with van der Waals surface area (Å²) in [6.45, 7) is 6.56. The van der Waals surface area contributed by atoms with Gasteiger partial charge in [-0.25, -0.2) is 0 Å². The standard InChI is InChI=1S/C16H30O4/c1-4-7-8-9-10-11-14(16(18)20-6-3)12-13-15(17)19-5-2/h14H,4-13H2,1-3H3. The Hall–Kier alpha value is -1.06. The van der Waals surface area contributed by atoms with E-state index >= 15 is 0 Å². The third kappa shape index (κ3) is 9.82. The largest absolute Gasteiger partial charge is 0.466 e. The second-order valence-corrected chi connectivity index (χ2v) is 5.00. The predicted octanol–water partition coefficient (Wildman–Crippen LogP) is 3.87. The van der Waals surface area contributed by atoms with Crippen molar-refractivity contribution < 1.29 is 19.1 Å². The van der Waals surface area contributed by atoms with Gasteiger partial charge in [0.2, 0.25) is 0 Å². The molecule has 4 nitrogen and oxygen atoms in total. The molecule has 0 aromatic carbocycles. The molecular formula is C16H30O4. The van der Waals surface area contributed by atoms with Crippen LogP contribution < -0.4 is 0 Å². The Morgan fingerprint density at radius 2 is 1.50 bits per heavy atom. The molecule has 0 aromatic rings. The van der Waals surface area contributed by atoms with E-state index in [1.807, 2.05) is 6.92 Å². The van der Waals surface area contributed by atoms with Crippen LogP contribution in [-0.4, -0.2) is 25.2 Å². The number of ether oxygens (including phenoxy) is 2. The first-order chi connectivity index (χ1) is 9.65. The van der Waals surface area contributed by atoms with Crippen LogP contribution in [0.4, 0.5) is 0 Å². The first kappa shape index (κ1) is 18.9. The Kier molecular flexibility index (Phi) is 12.3. The Bertz CT molecular complexity index is 263. The van der Waals surface area contributed by atoms with Crippen LogP contribution >= 0.6 is 0 Å². The Morgan fingerprint density at radius 1 is 0.850 bits per heavy atom. The fourth-order valence-corrected chi connectivity index (χ4v) is 2.16. The second kappa shape index (κ2) is 12.9. The van der Waals surface area contributed by atoms with Crippen molar-refractivity contribution in [2.75, 3.05) is 13.2 Å². The lowest BCUT2D eigenvalue weighted by atomic mass is 9.96. The van der Waals surface area contributed by atoms with Crippen LogP contribution in [0.5, 0.6) is 0 Å². The smallest absolute Gasteiger partial charge is 0.308 e. The summed E-state index contributed by atoms with van der Waals surface area (Å²) in [7, 11) is 0. The number of unbranched alkanes of at least 4 members (excludes halogenated alkanes) is 4. The summed E-state index contributed by atoms with van der Waals surface area (Å²) in [4.78, 5) is 23.2. The summed E-state index contributed by atoms with van der Waals surface area (Å²) < 4.78 is 9.98. The molecule has 118 valence electrons. The highest BCUT2D eigenvalue weighted by atomic mass is 16.5. The zero-order valence-corrected chi connectivity index (χ0v) is 13.3. The van der Waals surface area contributed by atoms with Crippen LogP contribution in [0, 0.1) is 5.92 Å². The minimum absolute atomic E-state index is 0.166. The van der Waals surface area contributed by atoms with Crippen molar-refractivity contribution >= 4 is 11.9 Å². The number of hydrogen-bond donors (Lipinski definition) is 0. The molecule has 0 aliphatic rings. The third-order valence-corrected chi connectivity index (χ3v) is 3.28. The molecule has 0 spiro atoms. The monoisotopic (exact) mass is 286 g/mol. The third-order valence-electron chi connectivity index (χ3n) is 3.28. The molecule has 0 aliphatic heterocycles. The van der Waals surface area contributed by atoms with Gasteiger partial charge in [0.25, 0.3) is 0 Å². The quantitative estimate of drug-likeness (QED) is 0.404. The molecule has 1 atom stereocenters. The predicted molar refractivity (Wildman–Crippen MR) is 79.4 cm³/mol. The molecule has 0 amide bonds. The highest BCUT2D eigenvalue weighted by Gasteiger charge is 2.20. The van der Waals surface area contributed by atoms with Gasteiger partial charge in [-0.2, -0.15) is 0 Å². The van der Waals surface area contributed by atoms with E-state index in [0.717, 1.165) is 19.3 Å². The lowest BCUT2D eigenvalue weighted by Crippen LogP contribution is -2.19. The summed E-state index contributed by atoms with van der Waals surface area (Å²) in [6, 6.07) is 0. The summed E-state index contributed by atoms with van der Waals surface area (Å²) in [5.41, 5.74) is 0. The van der Waals surface area contributed by atoms with Gasteiger partial charge >= 0.3 is 11.9 Å². The van der Waals surface area contributed by atoms with Crippen LogP contribution in [0.2, 0.25) is 0 Å². The van der Waals surface area contributed by atoms with Crippen LogP contribution in [0.3, 0.4) is 0 Å². The van der Waals surface area contributed by atoms with Gasteiger partial charge in [0.1, 0.15) is 0 Å². The maximum Gasteiger partial charge on any atom is 0.308 e. The fraction of sp³-hybridized carbons (Fsp3) is 0.875. The van der Waals surface area contributed by atoms with Crippen molar-refractivity contribution in [3.8, 4) is 0 Å². The Morgan fingerprint density at radius 3 is 2.10 bits per heavy atom. The summed E-state index contributed by atoms with van der Waals surface area (Å²) in [5, 5.41) is 0. The van der Waals surface area contributed by atoms with Gasteiger partial charge in [-0.1, -0.05) is 39.0 Å². The van der Waals surface area contributed by atoms with Crippen LogP contribution in [0.1, 0.15) is 72.1 Å². The number of esters is 2. The number of carbonyl (C=O) groups is 2. The molecule has 0 heterocycles. The first-order valence-electron chi connectivity index (χ1n) is 7.97. The first-order valence-corrected chi connectivity index (χ1v) is 7.97. The summed E-state index contributed by atoms with van der Waals surface area (Å²) in [5.74, 6) is -0.568. The molecule has 0 saturated carbocycles. The van der Waals surface area contributed by atoms with E-state index < -0.39 is 0 Å². The van der Waals surface area contributed by atoms with Gasteiger partial charge in [0, 0.05) is 6.42 Å². The number of hydrogen-bond acceptors (Lipinski definition) is 4. The van der Waals surface area contributed by atoms with Gasteiger partial charge in [0.15, 0.2) is 0 Å². The molecule has 4 heteroatoms. The molecule has 0 radical (unpaired) electrons. The lowest BCUT2D eigenvalue weighted by molar-refractivity contribution is -0.149. The molecule has 0 rings (SSSR count). The van der Waals surface area contributed by atoms with E-state index in [9.17, 15) is 9.59 Å². The SMILES string of the molecule is CCCCCCCC(CCC(=O)OCC)C(=O)OCC. The van der Waals surface area contributed by atoms with E-state index in [-0.39, 0.29) is 17.9 Å². The summed E-state index contributed by atoms with van der Waals surface area (Å²) in [6.07, 6.45) is 7.47. The van der Waals surface area contributed by atoms with Crippen LogP contribution in [-0.2, 0) is 19.1 Å². The molecule has 0 fully saturated rings. The number of rotatable bonds is 12. The van der Waals surface area contributed by atoms with Gasteiger partial charge in [-0.05, 0) is 26.7 Å². The lowest BCUT2D eigenvalue weighted by Gasteiger charge is -2.15. The fourth-order valence-electron chi connectivity index (χ4n) is 2.16. The van der Waals surface area contributed by atoms with Crippen LogP contribution in [0.15, 0.2) is 0 Å². The minimum Gasteiger partial charge on any atom is -0.466 e. The van der Waals surface area contributed by atoms with Crippen molar-refractivity contribution in [1.29, 1.82) is 0 Å². The highest BCUT2D eigenvalue weighted by Crippen LogP contribution is 2.18. The summed E-state index contributed by atoms with van der Waals surface area (Å²) >= 11 is 0. The van der Waals surface area contributed by atoms with Gasteiger partial charge < -0.3 is 9.47 Å². The Balaban J connectivity index is 4.06. The molecule has 0 aliphatic carbocycles. The van der Waals surface area contributed by atoms with Crippen molar-refractivity contribution in [3.05, 3.63) is 0 Å². The van der Waals surface area contributed by atoms with E-state index in [1.54, 1.807) is 6.92 Å². The maximum atomic E-state index is 11.9. The number of carbonyl (C=O) groups excluding carboxylic acids is 2. The zero-order chi connectivity index (χ0) is 15.2. The van der Waals surface area contributed by atoms with Gasteiger partial charge in [-0.3, -0.25) is 9.59 Å². The van der Waals surface area contributed by atoms with Crippen molar-refractivity contribution in [2.45, 2.75) is 72.1 Å². The van der Waals surface area contributed by atoms with E-state index in [4.69, 9.17) is 9.47 Å². The van der Waals surface area contributed by atoms with Crippen molar-refractivity contribution in [1.82, 2.24) is 0 Å². The maximum absolute atomic E-state index is 11.9. The Labute approximate surface area is 123 Å².